The highest BCUT2D eigenvalue weighted by atomic mass is 15.2. The van der Waals surface area contributed by atoms with Crippen LogP contribution in [0.2, 0.25) is 0 Å². The molecule has 0 saturated heterocycles. The molecular formula is C10H12N8. The predicted octanol–water partition coefficient (Wildman–Crippen LogP) is 0.0943. The second-order valence-electron chi connectivity index (χ2n) is 3.34. The summed E-state index contributed by atoms with van der Waals surface area (Å²) in [6.45, 7) is 0. The van der Waals surface area contributed by atoms with E-state index in [-0.39, 0.29) is 23.8 Å². The van der Waals surface area contributed by atoms with Gasteiger partial charge in [0.15, 0.2) is 0 Å². The number of aliphatic imine (C=N–C) groups is 1. The number of hydrogen-bond donors (Lipinski definition) is 4. The molecule has 8 nitrogen and oxygen atoms in total. The van der Waals surface area contributed by atoms with Gasteiger partial charge in [0.05, 0.1) is 0 Å². The van der Waals surface area contributed by atoms with Gasteiger partial charge in [0.1, 0.15) is 0 Å². The van der Waals surface area contributed by atoms with Gasteiger partial charge in [0.2, 0.25) is 17.9 Å². The number of rotatable bonds is 2. The van der Waals surface area contributed by atoms with E-state index >= 15 is 0 Å². The lowest BCUT2D eigenvalue weighted by molar-refractivity contribution is 1.06. The number of nitrogens with zero attached hydrogens (tertiary/aromatic N) is 4. The van der Waals surface area contributed by atoms with Crippen molar-refractivity contribution in [3.8, 4) is 0 Å². The first kappa shape index (κ1) is 11.6. The SMILES string of the molecule is NC(=Nc1nc(N)nc(N)n1)Nc1ccccc1. The fraction of sp³-hybridized carbons (Fsp3) is 0. The number of hydrogen-bond acceptors (Lipinski definition) is 6. The molecule has 7 N–H and O–H groups in total. The summed E-state index contributed by atoms with van der Waals surface area (Å²) in [5.41, 5.74) is 17.3. The van der Waals surface area contributed by atoms with E-state index in [1.54, 1.807) is 0 Å². The Morgan fingerprint density at radius 1 is 1.00 bits per heavy atom. The molecule has 0 unspecified atom stereocenters. The summed E-state index contributed by atoms with van der Waals surface area (Å²) in [6, 6.07) is 9.33. The Hall–Kier alpha value is -2.90. The number of nitrogens with one attached hydrogen (secondary N) is 1. The van der Waals surface area contributed by atoms with E-state index in [0.29, 0.717) is 0 Å². The van der Waals surface area contributed by atoms with Gasteiger partial charge in [-0.2, -0.15) is 19.9 Å². The van der Waals surface area contributed by atoms with E-state index in [1.165, 1.54) is 0 Å². The van der Waals surface area contributed by atoms with E-state index in [4.69, 9.17) is 17.2 Å². The van der Waals surface area contributed by atoms with Crippen LogP contribution < -0.4 is 22.5 Å². The summed E-state index contributed by atoms with van der Waals surface area (Å²) in [5, 5.41) is 2.88. The van der Waals surface area contributed by atoms with Gasteiger partial charge in [0, 0.05) is 5.69 Å². The monoisotopic (exact) mass is 244 g/mol. The molecule has 92 valence electrons. The molecule has 2 aromatic rings. The van der Waals surface area contributed by atoms with Crippen LogP contribution in [0.25, 0.3) is 0 Å². The van der Waals surface area contributed by atoms with Crippen LogP contribution in [-0.2, 0) is 0 Å². The maximum Gasteiger partial charge on any atom is 0.259 e. The zero-order chi connectivity index (χ0) is 13.0. The van der Waals surface area contributed by atoms with Crippen molar-refractivity contribution in [1.82, 2.24) is 15.0 Å². The van der Waals surface area contributed by atoms with Crippen molar-refractivity contribution in [3.05, 3.63) is 30.3 Å². The summed E-state index contributed by atoms with van der Waals surface area (Å²) in [6.07, 6.45) is 0. The van der Waals surface area contributed by atoms with Gasteiger partial charge in [0.25, 0.3) is 5.95 Å². The van der Waals surface area contributed by atoms with Crippen LogP contribution >= 0.6 is 0 Å². The molecule has 0 bridgehead atoms. The van der Waals surface area contributed by atoms with E-state index in [0.717, 1.165) is 5.69 Å². The molecule has 8 heteroatoms. The smallest absolute Gasteiger partial charge is 0.259 e. The highest BCUT2D eigenvalue weighted by Crippen LogP contribution is 2.08. The Labute approximate surface area is 103 Å². The summed E-state index contributed by atoms with van der Waals surface area (Å²) in [4.78, 5) is 15.1. The highest BCUT2D eigenvalue weighted by Gasteiger charge is 2.01. The number of nitrogens with two attached hydrogens (primary N) is 3. The molecule has 2 rings (SSSR count). The molecule has 0 aliphatic carbocycles. The molecule has 0 atom stereocenters. The number of anilines is 3. The average molecular weight is 244 g/mol. The third-order valence-electron chi connectivity index (χ3n) is 1.92. The Bertz CT molecular complexity index is 545. The van der Waals surface area contributed by atoms with Gasteiger partial charge in [-0.1, -0.05) is 18.2 Å². The van der Waals surface area contributed by atoms with E-state index in [1.807, 2.05) is 30.3 Å². The van der Waals surface area contributed by atoms with E-state index < -0.39 is 0 Å². The van der Waals surface area contributed by atoms with Gasteiger partial charge in [-0.3, -0.25) is 0 Å². The molecule has 0 fully saturated rings. The maximum atomic E-state index is 5.69. The van der Waals surface area contributed by atoms with Gasteiger partial charge in [-0.25, -0.2) is 0 Å². The molecule has 1 heterocycles. The van der Waals surface area contributed by atoms with Gasteiger partial charge in [-0.05, 0) is 12.1 Å². The minimum Gasteiger partial charge on any atom is -0.369 e. The minimum atomic E-state index is -0.00578. The van der Waals surface area contributed by atoms with Gasteiger partial charge < -0.3 is 22.5 Å². The second-order valence-corrected chi connectivity index (χ2v) is 3.34. The fourth-order valence-corrected chi connectivity index (χ4v) is 1.25. The van der Waals surface area contributed by atoms with Crippen molar-refractivity contribution < 1.29 is 0 Å². The summed E-state index contributed by atoms with van der Waals surface area (Å²) in [7, 11) is 0. The zero-order valence-corrected chi connectivity index (χ0v) is 9.41. The molecule has 0 spiro atoms. The van der Waals surface area contributed by atoms with Crippen LogP contribution in [0.3, 0.4) is 0 Å². The lowest BCUT2D eigenvalue weighted by atomic mass is 10.3. The van der Waals surface area contributed by atoms with Crippen LogP contribution in [0, 0.1) is 0 Å². The zero-order valence-electron chi connectivity index (χ0n) is 9.41. The topological polar surface area (TPSA) is 141 Å². The van der Waals surface area contributed by atoms with Crippen molar-refractivity contribution in [2.24, 2.45) is 10.7 Å². The standard InChI is InChI=1S/C10H12N8/c11-7(14-6-4-2-1-3-5-6)16-10-17-8(12)15-9(13)18-10/h1-5H,(H7,11,12,13,14,15,16,17,18). The lowest BCUT2D eigenvalue weighted by Crippen LogP contribution is -2.22. The van der Waals surface area contributed by atoms with Gasteiger partial charge >= 0.3 is 0 Å². The average Bonchev–Trinajstić information content (AvgIpc) is 2.28. The first-order chi connectivity index (χ1) is 8.63. The molecule has 0 aliphatic rings. The molecular weight excluding hydrogens is 232 g/mol. The number of benzene rings is 1. The Balaban J connectivity index is 2.17. The molecule has 0 radical (unpaired) electrons. The van der Waals surface area contributed by atoms with Crippen molar-refractivity contribution in [1.29, 1.82) is 0 Å². The van der Waals surface area contributed by atoms with Crippen LogP contribution in [0.5, 0.6) is 0 Å². The molecule has 0 saturated carbocycles. The number of para-hydroxylation sites is 1. The van der Waals surface area contributed by atoms with E-state index in [2.05, 4.69) is 25.3 Å². The van der Waals surface area contributed by atoms with Crippen molar-refractivity contribution >= 4 is 29.5 Å². The number of guanidine groups is 1. The molecule has 1 aromatic heterocycles. The van der Waals surface area contributed by atoms with Crippen LogP contribution in [0.1, 0.15) is 0 Å². The second kappa shape index (κ2) is 4.95. The summed E-state index contributed by atoms with van der Waals surface area (Å²) >= 11 is 0. The molecule has 0 amide bonds. The number of nitrogen functional groups attached to an aromatic ring is 2. The minimum absolute atomic E-state index is 0.00578. The predicted molar refractivity (Wildman–Crippen MR) is 70.0 cm³/mol. The van der Waals surface area contributed by atoms with E-state index in [9.17, 15) is 0 Å². The van der Waals surface area contributed by atoms with Crippen LogP contribution in [-0.4, -0.2) is 20.9 Å². The van der Waals surface area contributed by atoms with Crippen molar-refractivity contribution in [3.63, 3.8) is 0 Å². The summed E-state index contributed by atoms with van der Waals surface area (Å²) in [5.74, 6) is 0.176. The first-order valence-corrected chi connectivity index (χ1v) is 5.07. The van der Waals surface area contributed by atoms with Crippen LogP contribution in [0.15, 0.2) is 35.3 Å². The first-order valence-electron chi connectivity index (χ1n) is 5.07. The number of aromatic nitrogens is 3. The normalized spacial score (nSPS) is 11.2. The van der Waals surface area contributed by atoms with Crippen molar-refractivity contribution in [2.45, 2.75) is 0 Å². The quantitative estimate of drug-likeness (QED) is 0.433. The van der Waals surface area contributed by atoms with Crippen LogP contribution in [0.4, 0.5) is 23.5 Å². The largest absolute Gasteiger partial charge is 0.369 e. The van der Waals surface area contributed by atoms with Gasteiger partial charge in [-0.15, -0.1) is 0 Å². The maximum absolute atomic E-state index is 5.69. The molecule has 0 aliphatic heterocycles. The third kappa shape index (κ3) is 3.04. The Kier molecular flexibility index (Phi) is 3.19. The van der Waals surface area contributed by atoms with Crippen molar-refractivity contribution in [2.75, 3.05) is 16.8 Å². The summed E-state index contributed by atoms with van der Waals surface area (Å²) < 4.78 is 0. The Morgan fingerprint density at radius 3 is 2.22 bits per heavy atom. The third-order valence-corrected chi connectivity index (χ3v) is 1.92. The highest BCUT2D eigenvalue weighted by molar-refractivity contribution is 5.93. The fourth-order valence-electron chi connectivity index (χ4n) is 1.25. The Morgan fingerprint density at radius 2 is 1.61 bits per heavy atom. The molecule has 1 aromatic carbocycles. The molecule has 18 heavy (non-hydrogen) atoms. The lowest BCUT2D eigenvalue weighted by Gasteiger charge is -2.04.